The molecule has 0 aliphatic carbocycles. The van der Waals surface area contributed by atoms with E-state index in [1.807, 2.05) is 24.3 Å². The van der Waals surface area contributed by atoms with Gasteiger partial charge in [0.05, 0.1) is 13.7 Å². The van der Waals surface area contributed by atoms with Crippen molar-refractivity contribution < 1.29 is 14.3 Å². The minimum absolute atomic E-state index is 0. The molecule has 0 saturated carbocycles. The van der Waals surface area contributed by atoms with E-state index in [9.17, 15) is 9.59 Å². The Bertz CT molecular complexity index is 585. The molecule has 0 unspecified atom stereocenters. The van der Waals surface area contributed by atoms with Gasteiger partial charge in [0.1, 0.15) is 11.3 Å². The van der Waals surface area contributed by atoms with Crippen LogP contribution < -0.4 is 10.1 Å². The lowest BCUT2D eigenvalue weighted by Crippen LogP contribution is -2.54. The van der Waals surface area contributed by atoms with Crippen LogP contribution >= 0.6 is 12.4 Å². The fraction of sp³-hybridized carbons (Fsp3) is 0.500. The van der Waals surface area contributed by atoms with Gasteiger partial charge in [0.25, 0.3) is 5.91 Å². The molecule has 1 spiro atoms. The number of nitrogens with one attached hydrogen (secondary N) is 1. The number of rotatable bonds is 3. The minimum Gasteiger partial charge on any atom is -0.497 e. The van der Waals surface area contributed by atoms with Gasteiger partial charge >= 0.3 is 6.03 Å². The standard InChI is InChI=1S/C16H21N3O3.ClH/c1-18-15(21)19(11-12-3-5-13(22-2)6-4-12)14(20)16(18)7-9-17-10-8-16;/h3-6,17H,7-11H2,1-2H3;1H. The van der Waals surface area contributed by atoms with Crippen LogP contribution in [-0.4, -0.2) is 54.5 Å². The van der Waals surface area contributed by atoms with Crippen molar-refractivity contribution in [3.05, 3.63) is 29.8 Å². The second-order valence-corrected chi connectivity index (χ2v) is 5.86. The molecule has 0 bridgehead atoms. The number of hydrogen-bond acceptors (Lipinski definition) is 4. The van der Waals surface area contributed by atoms with Gasteiger partial charge in [-0.3, -0.25) is 9.69 Å². The summed E-state index contributed by atoms with van der Waals surface area (Å²) in [5.41, 5.74) is 0.260. The summed E-state index contributed by atoms with van der Waals surface area (Å²) in [6.45, 7) is 1.83. The number of ether oxygens (including phenoxy) is 1. The van der Waals surface area contributed by atoms with Crippen molar-refractivity contribution in [2.45, 2.75) is 24.9 Å². The van der Waals surface area contributed by atoms with Gasteiger partial charge in [-0.15, -0.1) is 12.4 Å². The van der Waals surface area contributed by atoms with Crippen molar-refractivity contribution in [3.8, 4) is 5.75 Å². The van der Waals surface area contributed by atoms with Gasteiger partial charge in [-0.05, 0) is 43.6 Å². The van der Waals surface area contributed by atoms with Crippen LogP contribution in [0.5, 0.6) is 5.75 Å². The van der Waals surface area contributed by atoms with E-state index >= 15 is 0 Å². The number of urea groups is 1. The Hall–Kier alpha value is -1.79. The van der Waals surface area contributed by atoms with Crippen molar-refractivity contribution in [2.24, 2.45) is 0 Å². The number of carbonyl (C=O) groups excluding carboxylic acids is 2. The number of nitrogens with zero attached hydrogens (tertiary/aromatic N) is 2. The van der Waals surface area contributed by atoms with Crippen LogP contribution in [0.3, 0.4) is 0 Å². The van der Waals surface area contributed by atoms with Crippen LogP contribution in [-0.2, 0) is 11.3 Å². The van der Waals surface area contributed by atoms with E-state index in [4.69, 9.17) is 4.74 Å². The first-order valence-corrected chi connectivity index (χ1v) is 7.52. The van der Waals surface area contributed by atoms with E-state index in [0.29, 0.717) is 19.4 Å². The molecule has 2 saturated heterocycles. The molecule has 3 rings (SSSR count). The molecule has 23 heavy (non-hydrogen) atoms. The van der Waals surface area contributed by atoms with Crippen LogP contribution in [0.25, 0.3) is 0 Å². The van der Waals surface area contributed by atoms with Gasteiger partial charge in [-0.2, -0.15) is 0 Å². The quantitative estimate of drug-likeness (QED) is 0.850. The molecular formula is C16H22ClN3O3. The molecule has 0 radical (unpaired) electrons. The molecule has 7 heteroatoms. The average Bonchev–Trinajstić information content (AvgIpc) is 2.73. The molecule has 2 heterocycles. The predicted octanol–water partition coefficient (Wildman–Crippen LogP) is 1.63. The second kappa shape index (κ2) is 6.76. The van der Waals surface area contributed by atoms with Crippen LogP contribution in [0.15, 0.2) is 24.3 Å². The smallest absolute Gasteiger partial charge is 0.327 e. The van der Waals surface area contributed by atoms with E-state index in [0.717, 1.165) is 24.4 Å². The lowest BCUT2D eigenvalue weighted by Gasteiger charge is -2.36. The predicted molar refractivity (Wildman–Crippen MR) is 88.8 cm³/mol. The van der Waals surface area contributed by atoms with E-state index in [1.54, 1.807) is 19.1 Å². The monoisotopic (exact) mass is 339 g/mol. The van der Waals surface area contributed by atoms with Crippen molar-refractivity contribution in [1.29, 1.82) is 0 Å². The Kier molecular flexibility index (Phi) is 5.16. The van der Waals surface area contributed by atoms with Crippen molar-refractivity contribution in [1.82, 2.24) is 15.1 Å². The molecule has 6 nitrogen and oxygen atoms in total. The summed E-state index contributed by atoms with van der Waals surface area (Å²) in [5.74, 6) is 0.687. The zero-order chi connectivity index (χ0) is 15.7. The summed E-state index contributed by atoms with van der Waals surface area (Å²) in [7, 11) is 3.35. The molecule has 3 amide bonds. The fourth-order valence-electron chi connectivity index (χ4n) is 3.29. The highest BCUT2D eigenvalue weighted by Crippen LogP contribution is 2.35. The molecular weight excluding hydrogens is 318 g/mol. The average molecular weight is 340 g/mol. The maximum absolute atomic E-state index is 12.8. The topological polar surface area (TPSA) is 61.9 Å². The molecule has 2 aliphatic heterocycles. The number of methoxy groups -OCH3 is 1. The highest BCUT2D eigenvalue weighted by molar-refractivity contribution is 6.06. The van der Waals surface area contributed by atoms with Gasteiger partial charge in [0.2, 0.25) is 0 Å². The van der Waals surface area contributed by atoms with Gasteiger partial charge in [-0.25, -0.2) is 4.79 Å². The number of piperidine rings is 1. The van der Waals surface area contributed by atoms with E-state index < -0.39 is 5.54 Å². The molecule has 2 aliphatic rings. The highest BCUT2D eigenvalue weighted by Gasteiger charge is 2.55. The Morgan fingerprint density at radius 1 is 1.17 bits per heavy atom. The normalized spacial score (nSPS) is 19.9. The van der Waals surface area contributed by atoms with Gasteiger partial charge in [-0.1, -0.05) is 12.1 Å². The van der Waals surface area contributed by atoms with Crippen molar-refractivity contribution in [3.63, 3.8) is 0 Å². The molecule has 1 aromatic carbocycles. The molecule has 126 valence electrons. The first kappa shape index (κ1) is 17.6. The summed E-state index contributed by atoms with van der Waals surface area (Å²) in [6, 6.07) is 7.23. The number of amides is 3. The van der Waals surface area contributed by atoms with E-state index in [2.05, 4.69) is 5.32 Å². The summed E-state index contributed by atoms with van der Waals surface area (Å²) in [6.07, 6.45) is 1.35. The molecule has 2 fully saturated rings. The van der Waals surface area contributed by atoms with Crippen LogP contribution in [0.1, 0.15) is 18.4 Å². The number of benzene rings is 1. The maximum atomic E-state index is 12.8. The third-order valence-corrected chi connectivity index (χ3v) is 4.73. The number of carbonyl (C=O) groups is 2. The minimum atomic E-state index is -0.658. The summed E-state index contributed by atoms with van der Waals surface area (Å²) < 4.78 is 5.13. The summed E-state index contributed by atoms with van der Waals surface area (Å²) in [5, 5.41) is 3.25. The Morgan fingerprint density at radius 2 is 1.78 bits per heavy atom. The van der Waals surface area contributed by atoms with Gasteiger partial charge in [0, 0.05) is 7.05 Å². The first-order chi connectivity index (χ1) is 10.6. The van der Waals surface area contributed by atoms with E-state index in [1.165, 1.54) is 4.90 Å². The lowest BCUT2D eigenvalue weighted by atomic mass is 9.87. The van der Waals surface area contributed by atoms with Gasteiger partial charge < -0.3 is 15.0 Å². The van der Waals surface area contributed by atoms with E-state index in [-0.39, 0.29) is 24.3 Å². The number of hydrogen-bond donors (Lipinski definition) is 1. The van der Waals surface area contributed by atoms with Gasteiger partial charge in [0.15, 0.2) is 0 Å². The maximum Gasteiger partial charge on any atom is 0.327 e. The number of halogens is 1. The second-order valence-electron chi connectivity index (χ2n) is 5.86. The van der Waals surface area contributed by atoms with Crippen LogP contribution in [0, 0.1) is 0 Å². The lowest BCUT2D eigenvalue weighted by molar-refractivity contribution is -0.134. The summed E-state index contributed by atoms with van der Waals surface area (Å²) >= 11 is 0. The number of imide groups is 1. The molecule has 1 aromatic rings. The first-order valence-electron chi connectivity index (χ1n) is 7.52. The number of likely N-dealkylation sites (N-methyl/N-ethyl adjacent to an activating group) is 1. The Morgan fingerprint density at radius 3 is 2.35 bits per heavy atom. The highest BCUT2D eigenvalue weighted by atomic mass is 35.5. The molecule has 0 aromatic heterocycles. The largest absolute Gasteiger partial charge is 0.497 e. The van der Waals surface area contributed by atoms with Crippen molar-refractivity contribution in [2.75, 3.05) is 27.2 Å². The SMILES string of the molecule is COc1ccc(CN2C(=O)N(C)C3(CCNCC3)C2=O)cc1.Cl. The van der Waals surface area contributed by atoms with Crippen molar-refractivity contribution >= 4 is 24.3 Å². The van der Waals surface area contributed by atoms with Crippen LogP contribution in [0.2, 0.25) is 0 Å². The third-order valence-electron chi connectivity index (χ3n) is 4.73. The summed E-state index contributed by atoms with van der Waals surface area (Å²) in [4.78, 5) is 28.3. The fourth-order valence-corrected chi connectivity index (χ4v) is 3.29. The Balaban J connectivity index is 0.00000192. The van der Waals surface area contributed by atoms with Crippen LogP contribution in [0.4, 0.5) is 4.79 Å². The Labute approximate surface area is 142 Å². The molecule has 1 N–H and O–H groups in total. The molecule has 0 atom stereocenters. The zero-order valence-corrected chi connectivity index (χ0v) is 14.2. The zero-order valence-electron chi connectivity index (χ0n) is 13.4. The third kappa shape index (κ3) is 2.88.